The summed E-state index contributed by atoms with van der Waals surface area (Å²) in [6.45, 7) is 0. The number of aliphatic imine (C=N–C) groups is 1. The van der Waals surface area contributed by atoms with Crippen LogP contribution >= 0.6 is 0 Å². The van der Waals surface area contributed by atoms with E-state index in [1.807, 2.05) is 78.9 Å². The predicted octanol–water partition coefficient (Wildman–Crippen LogP) is 6.48. The molecule has 1 aliphatic rings. The molecular weight excluding hydrogens is 408 g/mol. The van der Waals surface area contributed by atoms with Crippen LogP contribution < -0.4 is 4.74 Å². The van der Waals surface area contributed by atoms with Gasteiger partial charge in [-0.15, -0.1) is 0 Å². The summed E-state index contributed by atoms with van der Waals surface area (Å²) >= 11 is 0. The van der Waals surface area contributed by atoms with E-state index in [1.54, 1.807) is 14.2 Å². The summed E-state index contributed by atoms with van der Waals surface area (Å²) in [5.74, 6) is 1.53. The van der Waals surface area contributed by atoms with Gasteiger partial charge in [-0.25, -0.2) is 4.99 Å². The molecule has 2 heterocycles. The Morgan fingerprint density at radius 1 is 0.727 bits per heavy atom. The van der Waals surface area contributed by atoms with E-state index in [9.17, 15) is 0 Å². The van der Waals surface area contributed by atoms with Gasteiger partial charge in [0.25, 0.3) is 0 Å². The van der Waals surface area contributed by atoms with Crippen molar-refractivity contribution in [2.45, 2.75) is 0 Å². The second-order valence-electron chi connectivity index (χ2n) is 7.66. The molecule has 4 aromatic rings. The Bertz CT molecular complexity index is 1350. The number of H-pyrrole nitrogens is 1. The zero-order chi connectivity index (χ0) is 22.6. The van der Waals surface area contributed by atoms with Gasteiger partial charge in [-0.05, 0) is 5.56 Å². The van der Waals surface area contributed by atoms with Gasteiger partial charge in [-0.1, -0.05) is 91.0 Å². The fourth-order valence-electron chi connectivity index (χ4n) is 4.08. The zero-order valence-electron chi connectivity index (χ0n) is 18.6. The average Bonchev–Trinajstić information content (AvgIpc) is 3.51. The number of rotatable bonds is 6. The van der Waals surface area contributed by atoms with Gasteiger partial charge in [-0.3, -0.25) is 0 Å². The van der Waals surface area contributed by atoms with Crippen LogP contribution in [0.4, 0.5) is 0 Å². The molecule has 0 radical (unpaired) electrons. The summed E-state index contributed by atoms with van der Waals surface area (Å²) in [7, 11) is 3.37. The molecule has 1 aliphatic heterocycles. The number of ether oxygens (including phenoxy) is 2. The summed E-state index contributed by atoms with van der Waals surface area (Å²) in [5, 5.41) is 0. The fraction of sp³-hybridized carbons (Fsp3) is 0.0690. The van der Waals surface area contributed by atoms with E-state index < -0.39 is 0 Å². The van der Waals surface area contributed by atoms with Crippen molar-refractivity contribution in [3.05, 3.63) is 131 Å². The minimum atomic E-state index is 0.742. The summed E-state index contributed by atoms with van der Waals surface area (Å²) in [5.41, 5.74) is 7.63. The second-order valence-corrected chi connectivity index (χ2v) is 7.66. The van der Waals surface area contributed by atoms with Crippen molar-refractivity contribution in [3.63, 3.8) is 0 Å². The van der Waals surface area contributed by atoms with Gasteiger partial charge in [0.15, 0.2) is 0 Å². The number of allylic oxidation sites excluding steroid dienone is 2. The molecule has 162 valence electrons. The normalized spacial score (nSPS) is 14.5. The van der Waals surface area contributed by atoms with Crippen LogP contribution in [-0.4, -0.2) is 24.9 Å². The van der Waals surface area contributed by atoms with Crippen molar-refractivity contribution < 1.29 is 9.47 Å². The van der Waals surface area contributed by atoms with Crippen LogP contribution in [0, 0.1) is 0 Å². The van der Waals surface area contributed by atoms with Crippen LogP contribution in [0.1, 0.15) is 16.8 Å². The van der Waals surface area contributed by atoms with Crippen LogP contribution in [-0.2, 0) is 4.74 Å². The van der Waals surface area contributed by atoms with Gasteiger partial charge in [0.05, 0.1) is 31.3 Å². The molecular formula is C29H24N2O2. The monoisotopic (exact) mass is 432 g/mol. The Labute approximate surface area is 193 Å². The smallest absolute Gasteiger partial charge is 0.147 e. The van der Waals surface area contributed by atoms with Gasteiger partial charge in [-0.2, -0.15) is 0 Å². The topological polar surface area (TPSA) is 46.6 Å². The molecule has 4 nitrogen and oxygen atoms in total. The van der Waals surface area contributed by atoms with Crippen LogP contribution in [0.25, 0.3) is 16.8 Å². The highest BCUT2D eigenvalue weighted by atomic mass is 16.5. The number of benzene rings is 3. The molecule has 0 amide bonds. The Hall–Kier alpha value is -4.31. The molecule has 1 N–H and O–H groups in total. The summed E-state index contributed by atoms with van der Waals surface area (Å²) < 4.78 is 11.4. The van der Waals surface area contributed by atoms with Crippen LogP contribution in [0.3, 0.4) is 0 Å². The summed E-state index contributed by atoms with van der Waals surface area (Å²) in [4.78, 5) is 8.61. The Kier molecular flexibility index (Phi) is 5.64. The standard InChI is InChI=1S/C29H24N2O2/c1-32-25-18-23(30-28(25)21-14-8-4-9-15-21)27(20-12-6-3-7-13-20)24-19-26(33-2)29(31-24)22-16-10-5-11-17-22/h3-19,30H,1-2H3/b27-24+. The van der Waals surface area contributed by atoms with Crippen molar-refractivity contribution >= 4 is 11.3 Å². The number of nitrogens with zero attached hydrogens (tertiary/aromatic N) is 1. The van der Waals surface area contributed by atoms with Gasteiger partial charge < -0.3 is 14.5 Å². The maximum atomic E-state index is 5.73. The third kappa shape index (κ3) is 3.99. The van der Waals surface area contributed by atoms with Gasteiger partial charge in [0, 0.05) is 28.8 Å². The first kappa shape index (κ1) is 20.6. The number of methoxy groups -OCH3 is 2. The molecule has 0 bridgehead atoms. The quantitative estimate of drug-likeness (QED) is 0.379. The molecule has 5 rings (SSSR count). The lowest BCUT2D eigenvalue weighted by Gasteiger charge is -2.08. The predicted molar refractivity (Wildman–Crippen MR) is 133 cm³/mol. The van der Waals surface area contributed by atoms with Gasteiger partial charge >= 0.3 is 0 Å². The maximum absolute atomic E-state index is 5.73. The molecule has 0 atom stereocenters. The number of aromatic amines is 1. The number of hydrogen-bond donors (Lipinski definition) is 1. The highest BCUT2D eigenvalue weighted by molar-refractivity contribution is 6.14. The first-order chi connectivity index (χ1) is 16.3. The van der Waals surface area contributed by atoms with Crippen molar-refractivity contribution in [1.82, 2.24) is 4.98 Å². The molecule has 0 aliphatic carbocycles. The minimum Gasteiger partial charge on any atom is -0.494 e. The Morgan fingerprint density at radius 2 is 1.33 bits per heavy atom. The highest BCUT2D eigenvalue weighted by Crippen LogP contribution is 2.38. The number of aromatic nitrogens is 1. The van der Waals surface area contributed by atoms with Crippen LogP contribution in [0.15, 0.2) is 120 Å². The van der Waals surface area contributed by atoms with Crippen LogP contribution in [0.2, 0.25) is 0 Å². The van der Waals surface area contributed by atoms with Gasteiger partial charge in [0.1, 0.15) is 17.2 Å². The Morgan fingerprint density at radius 3 is 1.94 bits per heavy atom. The largest absolute Gasteiger partial charge is 0.494 e. The molecule has 0 fully saturated rings. The molecule has 4 heteroatoms. The molecule has 0 saturated heterocycles. The van der Waals surface area contributed by atoms with Gasteiger partial charge in [0.2, 0.25) is 0 Å². The van der Waals surface area contributed by atoms with E-state index >= 15 is 0 Å². The maximum Gasteiger partial charge on any atom is 0.147 e. The van der Waals surface area contributed by atoms with E-state index in [0.717, 1.165) is 56.6 Å². The Balaban J connectivity index is 1.73. The average molecular weight is 433 g/mol. The van der Waals surface area contributed by atoms with Crippen molar-refractivity contribution in [3.8, 4) is 17.0 Å². The third-order valence-corrected chi connectivity index (χ3v) is 5.65. The third-order valence-electron chi connectivity index (χ3n) is 5.65. The molecule has 0 unspecified atom stereocenters. The van der Waals surface area contributed by atoms with Crippen molar-refractivity contribution in [1.29, 1.82) is 0 Å². The van der Waals surface area contributed by atoms with E-state index in [4.69, 9.17) is 14.5 Å². The minimum absolute atomic E-state index is 0.742. The number of hydrogen-bond acceptors (Lipinski definition) is 3. The molecule has 33 heavy (non-hydrogen) atoms. The van der Waals surface area contributed by atoms with E-state index in [0.29, 0.717) is 0 Å². The molecule has 3 aromatic carbocycles. The lowest BCUT2D eigenvalue weighted by Crippen LogP contribution is -2.03. The van der Waals surface area contributed by atoms with E-state index in [-0.39, 0.29) is 0 Å². The first-order valence-electron chi connectivity index (χ1n) is 10.8. The molecule has 0 saturated carbocycles. The van der Waals surface area contributed by atoms with E-state index in [2.05, 4.69) is 29.2 Å². The first-order valence-corrected chi connectivity index (χ1v) is 10.8. The molecule has 0 spiro atoms. The van der Waals surface area contributed by atoms with Crippen molar-refractivity contribution in [2.75, 3.05) is 14.2 Å². The van der Waals surface area contributed by atoms with Crippen molar-refractivity contribution in [2.24, 2.45) is 4.99 Å². The summed E-state index contributed by atoms with van der Waals surface area (Å²) in [6, 6.07) is 32.6. The lowest BCUT2D eigenvalue weighted by molar-refractivity contribution is 0.316. The number of nitrogens with one attached hydrogen (secondary N) is 1. The lowest BCUT2D eigenvalue weighted by atomic mass is 10.0. The zero-order valence-corrected chi connectivity index (χ0v) is 18.6. The van der Waals surface area contributed by atoms with Crippen LogP contribution in [0.5, 0.6) is 5.75 Å². The fourth-order valence-corrected chi connectivity index (χ4v) is 4.08. The second kappa shape index (κ2) is 9.05. The van der Waals surface area contributed by atoms with E-state index in [1.165, 1.54) is 0 Å². The highest BCUT2D eigenvalue weighted by Gasteiger charge is 2.23. The SMILES string of the molecule is COC1=C/C(=C(/c2ccccc2)c2cc(OC)c(-c3ccccc3)[nH]2)N=C1c1ccccc1. The summed E-state index contributed by atoms with van der Waals surface area (Å²) in [6.07, 6.45) is 2.00. The molecule has 1 aromatic heterocycles.